The van der Waals surface area contributed by atoms with E-state index < -0.39 is 6.10 Å². The van der Waals surface area contributed by atoms with Crippen LogP contribution in [0.5, 0.6) is 0 Å². The molecule has 1 aliphatic carbocycles. The predicted octanol–water partition coefficient (Wildman–Crippen LogP) is 1.25. The number of nitrogens with one attached hydrogen (secondary N) is 1. The van der Waals surface area contributed by atoms with Gasteiger partial charge in [-0.1, -0.05) is 0 Å². The number of aliphatic hydroxyl groups is 1. The first kappa shape index (κ1) is 10.6. The maximum atomic E-state index is 9.88. The smallest absolute Gasteiger partial charge is 0.0944 e. The number of hydrogen-bond donors (Lipinski definition) is 2. The van der Waals surface area contributed by atoms with Crippen LogP contribution in [0.3, 0.4) is 0 Å². The van der Waals surface area contributed by atoms with Crippen LogP contribution in [-0.2, 0) is 0 Å². The highest BCUT2D eigenvalue weighted by Gasteiger charge is 2.22. The number of aromatic nitrogens is 2. The fourth-order valence-corrected chi connectivity index (χ4v) is 1.49. The average Bonchev–Trinajstić information content (AvgIpc) is 2.88. The Kier molecular flexibility index (Phi) is 3.07. The molecule has 0 saturated heterocycles. The Balaban J connectivity index is 1.88. The van der Waals surface area contributed by atoms with Gasteiger partial charge in [0.15, 0.2) is 0 Å². The molecular formula is C11H19N3O. The second kappa shape index (κ2) is 4.33. The van der Waals surface area contributed by atoms with E-state index in [1.807, 2.05) is 10.9 Å². The summed E-state index contributed by atoms with van der Waals surface area (Å²) < 4.78 is 1.87. The highest BCUT2D eigenvalue weighted by Crippen LogP contribution is 2.20. The summed E-state index contributed by atoms with van der Waals surface area (Å²) in [5.41, 5.74) is 0.900. The fraction of sp³-hybridized carbons (Fsp3) is 0.727. The minimum atomic E-state index is -0.432. The molecule has 0 amide bonds. The summed E-state index contributed by atoms with van der Waals surface area (Å²) in [6.07, 6.45) is 5.73. The first-order valence-electron chi connectivity index (χ1n) is 5.62. The molecule has 15 heavy (non-hydrogen) atoms. The van der Waals surface area contributed by atoms with E-state index in [9.17, 15) is 5.11 Å². The lowest BCUT2D eigenvalue weighted by molar-refractivity contribution is 0.174. The van der Waals surface area contributed by atoms with Crippen LogP contribution in [0.15, 0.2) is 12.4 Å². The summed E-state index contributed by atoms with van der Waals surface area (Å²) in [6.45, 7) is 4.78. The molecule has 0 aromatic carbocycles. The molecule has 1 heterocycles. The summed E-state index contributed by atoms with van der Waals surface area (Å²) in [5, 5.41) is 17.4. The molecule has 1 aromatic heterocycles. The van der Waals surface area contributed by atoms with Gasteiger partial charge in [0.25, 0.3) is 0 Å². The van der Waals surface area contributed by atoms with Gasteiger partial charge >= 0.3 is 0 Å². The van der Waals surface area contributed by atoms with Crippen LogP contribution in [0.25, 0.3) is 0 Å². The van der Waals surface area contributed by atoms with Crippen LogP contribution in [0, 0.1) is 0 Å². The van der Waals surface area contributed by atoms with E-state index in [4.69, 9.17) is 0 Å². The highest BCUT2D eigenvalue weighted by molar-refractivity contribution is 5.09. The topological polar surface area (TPSA) is 50.1 Å². The lowest BCUT2D eigenvalue weighted by Crippen LogP contribution is -2.23. The third-order valence-electron chi connectivity index (χ3n) is 2.71. The molecule has 2 rings (SSSR count). The van der Waals surface area contributed by atoms with Crippen molar-refractivity contribution in [2.45, 2.75) is 44.9 Å². The Hall–Kier alpha value is -0.870. The third-order valence-corrected chi connectivity index (χ3v) is 2.71. The third kappa shape index (κ3) is 2.79. The second-order valence-corrected chi connectivity index (χ2v) is 4.55. The van der Waals surface area contributed by atoms with Crippen molar-refractivity contribution in [3.8, 4) is 0 Å². The summed E-state index contributed by atoms with van der Waals surface area (Å²) in [5.74, 6) is 0. The van der Waals surface area contributed by atoms with Crippen molar-refractivity contribution in [3.63, 3.8) is 0 Å². The van der Waals surface area contributed by atoms with Gasteiger partial charge in [0.1, 0.15) is 0 Å². The van der Waals surface area contributed by atoms with E-state index in [0.29, 0.717) is 18.6 Å². The molecule has 1 aliphatic rings. The number of rotatable bonds is 5. The fourth-order valence-electron chi connectivity index (χ4n) is 1.49. The van der Waals surface area contributed by atoms with E-state index in [1.165, 1.54) is 12.8 Å². The largest absolute Gasteiger partial charge is 0.387 e. The van der Waals surface area contributed by atoms with Gasteiger partial charge in [0.05, 0.1) is 12.3 Å². The lowest BCUT2D eigenvalue weighted by Gasteiger charge is -2.09. The van der Waals surface area contributed by atoms with E-state index >= 15 is 0 Å². The monoisotopic (exact) mass is 209 g/mol. The van der Waals surface area contributed by atoms with Gasteiger partial charge < -0.3 is 10.4 Å². The Morgan fingerprint density at radius 3 is 2.87 bits per heavy atom. The normalized spacial score (nSPS) is 18.4. The zero-order valence-electron chi connectivity index (χ0n) is 9.35. The SMILES string of the molecule is CC(C)n1cc(C(O)CNC2CC2)cn1. The van der Waals surface area contributed by atoms with E-state index in [1.54, 1.807) is 6.20 Å². The first-order valence-corrected chi connectivity index (χ1v) is 5.62. The zero-order valence-corrected chi connectivity index (χ0v) is 9.35. The van der Waals surface area contributed by atoms with E-state index in [2.05, 4.69) is 24.3 Å². The van der Waals surface area contributed by atoms with Gasteiger partial charge in [-0.05, 0) is 26.7 Å². The zero-order chi connectivity index (χ0) is 10.8. The average molecular weight is 209 g/mol. The summed E-state index contributed by atoms with van der Waals surface area (Å²) in [6, 6.07) is 0.988. The quantitative estimate of drug-likeness (QED) is 0.767. The van der Waals surface area contributed by atoms with E-state index in [0.717, 1.165) is 5.56 Å². The van der Waals surface area contributed by atoms with Gasteiger partial charge in [0, 0.05) is 30.4 Å². The molecule has 84 valence electrons. The molecule has 0 aliphatic heterocycles. The Morgan fingerprint density at radius 1 is 1.60 bits per heavy atom. The molecule has 1 atom stereocenters. The second-order valence-electron chi connectivity index (χ2n) is 4.55. The van der Waals surface area contributed by atoms with Crippen molar-refractivity contribution in [3.05, 3.63) is 18.0 Å². The maximum Gasteiger partial charge on any atom is 0.0944 e. The van der Waals surface area contributed by atoms with Crippen molar-refractivity contribution >= 4 is 0 Å². The van der Waals surface area contributed by atoms with Gasteiger partial charge in [-0.15, -0.1) is 0 Å². The van der Waals surface area contributed by atoms with Crippen LogP contribution in [0.1, 0.15) is 44.4 Å². The Morgan fingerprint density at radius 2 is 2.33 bits per heavy atom. The molecule has 1 aromatic rings. The summed E-state index contributed by atoms with van der Waals surface area (Å²) >= 11 is 0. The number of aliphatic hydroxyl groups excluding tert-OH is 1. The molecule has 1 unspecified atom stereocenters. The van der Waals surface area contributed by atoms with Crippen LogP contribution in [0.2, 0.25) is 0 Å². The molecule has 1 saturated carbocycles. The van der Waals surface area contributed by atoms with Crippen LogP contribution in [0.4, 0.5) is 0 Å². The molecule has 1 fully saturated rings. The van der Waals surface area contributed by atoms with Crippen molar-refractivity contribution in [1.82, 2.24) is 15.1 Å². The molecule has 4 heteroatoms. The van der Waals surface area contributed by atoms with Crippen molar-refractivity contribution in [2.24, 2.45) is 0 Å². The van der Waals surface area contributed by atoms with Gasteiger partial charge in [-0.2, -0.15) is 5.10 Å². The van der Waals surface area contributed by atoms with Crippen molar-refractivity contribution in [2.75, 3.05) is 6.54 Å². The molecule has 0 spiro atoms. The van der Waals surface area contributed by atoms with Crippen LogP contribution in [-0.4, -0.2) is 27.5 Å². The minimum Gasteiger partial charge on any atom is -0.387 e. The standard InChI is InChI=1S/C11H19N3O/c1-8(2)14-7-9(5-13-14)11(15)6-12-10-3-4-10/h5,7-8,10-12,15H,3-4,6H2,1-2H3. The van der Waals surface area contributed by atoms with Crippen LogP contribution >= 0.6 is 0 Å². The first-order chi connectivity index (χ1) is 7.16. The minimum absolute atomic E-state index is 0.349. The number of nitrogens with zero attached hydrogens (tertiary/aromatic N) is 2. The van der Waals surface area contributed by atoms with Gasteiger partial charge in [-0.25, -0.2) is 0 Å². The molecule has 4 nitrogen and oxygen atoms in total. The molecule has 0 radical (unpaired) electrons. The van der Waals surface area contributed by atoms with Crippen LogP contribution < -0.4 is 5.32 Å². The molecule has 0 bridgehead atoms. The summed E-state index contributed by atoms with van der Waals surface area (Å²) in [4.78, 5) is 0. The Labute approximate surface area is 90.3 Å². The van der Waals surface area contributed by atoms with E-state index in [-0.39, 0.29) is 0 Å². The van der Waals surface area contributed by atoms with Gasteiger partial charge in [0.2, 0.25) is 0 Å². The Bertz CT molecular complexity index is 317. The molecular weight excluding hydrogens is 190 g/mol. The van der Waals surface area contributed by atoms with Crippen molar-refractivity contribution in [1.29, 1.82) is 0 Å². The molecule has 2 N–H and O–H groups in total. The van der Waals surface area contributed by atoms with Gasteiger partial charge in [-0.3, -0.25) is 4.68 Å². The summed E-state index contributed by atoms with van der Waals surface area (Å²) in [7, 11) is 0. The number of hydrogen-bond acceptors (Lipinski definition) is 3. The van der Waals surface area contributed by atoms with Crippen molar-refractivity contribution < 1.29 is 5.11 Å². The predicted molar refractivity (Wildman–Crippen MR) is 58.6 cm³/mol. The lowest BCUT2D eigenvalue weighted by atomic mass is 10.2. The highest BCUT2D eigenvalue weighted by atomic mass is 16.3. The maximum absolute atomic E-state index is 9.88.